The molecule has 0 unspecified atom stereocenters. The van der Waals surface area contributed by atoms with Gasteiger partial charge < -0.3 is 23.7 Å². The Bertz CT molecular complexity index is 1650. The van der Waals surface area contributed by atoms with Crippen LogP contribution in [0.15, 0.2) is 48.7 Å². The number of imidazole rings is 1. The topological polar surface area (TPSA) is 94.8 Å². The van der Waals surface area contributed by atoms with Crippen molar-refractivity contribution in [3.05, 3.63) is 76.5 Å². The molecule has 0 spiro atoms. The average Bonchev–Trinajstić information content (AvgIpc) is 3.30. The number of esters is 1. The van der Waals surface area contributed by atoms with Crippen LogP contribution in [0, 0.1) is 5.82 Å². The van der Waals surface area contributed by atoms with Gasteiger partial charge in [0, 0.05) is 49.6 Å². The number of hydrogen-bond acceptors (Lipinski definition) is 9. The lowest BCUT2D eigenvalue weighted by Crippen LogP contribution is -2.46. The number of carbonyl (C=O) groups is 1. The molecule has 0 N–H and O–H groups in total. The zero-order chi connectivity index (χ0) is 30.8. The van der Waals surface area contributed by atoms with Gasteiger partial charge in [-0.2, -0.15) is 4.98 Å². The van der Waals surface area contributed by atoms with Gasteiger partial charge in [-0.3, -0.25) is 4.90 Å². The Labute approximate surface area is 260 Å². The molecule has 2 fully saturated rings. The Kier molecular flexibility index (Phi) is 8.70. The highest BCUT2D eigenvalue weighted by atomic mass is 35.5. The van der Waals surface area contributed by atoms with E-state index in [9.17, 15) is 9.18 Å². The minimum Gasteiger partial charge on any atom is -0.458 e. The van der Waals surface area contributed by atoms with E-state index < -0.39 is 11.4 Å². The lowest BCUT2D eigenvalue weighted by Gasteiger charge is -2.35. The maximum Gasteiger partial charge on any atom is 0.338 e. The molecular formula is C32H36ClFN6O4. The number of piperazine rings is 1. The Hall–Kier alpha value is -3.80. The van der Waals surface area contributed by atoms with Crippen molar-refractivity contribution in [3.8, 4) is 6.01 Å². The summed E-state index contributed by atoms with van der Waals surface area (Å²) in [7, 11) is 0. The fourth-order valence-electron chi connectivity index (χ4n) is 5.29. The molecule has 10 nitrogen and oxygen atoms in total. The van der Waals surface area contributed by atoms with Crippen LogP contribution in [0.2, 0.25) is 5.02 Å². The quantitative estimate of drug-likeness (QED) is 0.232. The van der Waals surface area contributed by atoms with Gasteiger partial charge >= 0.3 is 12.0 Å². The van der Waals surface area contributed by atoms with Gasteiger partial charge in [-0.25, -0.2) is 19.2 Å². The van der Waals surface area contributed by atoms with E-state index in [0.29, 0.717) is 29.2 Å². The molecule has 232 valence electrons. The monoisotopic (exact) mass is 622 g/mol. The summed E-state index contributed by atoms with van der Waals surface area (Å²) < 4.78 is 33.4. The zero-order valence-corrected chi connectivity index (χ0v) is 25.9. The molecular weight excluding hydrogens is 587 g/mol. The van der Waals surface area contributed by atoms with Gasteiger partial charge in [0.25, 0.3) is 0 Å². The van der Waals surface area contributed by atoms with Crippen molar-refractivity contribution in [2.45, 2.75) is 58.6 Å². The molecule has 4 heterocycles. The highest BCUT2D eigenvalue weighted by Gasteiger charge is 2.26. The Morgan fingerprint density at radius 2 is 1.89 bits per heavy atom. The number of hydrogen-bond donors (Lipinski definition) is 0. The molecule has 2 aliphatic heterocycles. The first-order valence-corrected chi connectivity index (χ1v) is 15.2. The molecule has 2 aromatic carbocycles. The number of anilines is 1. The summed E-state index contributed by atoms with van der Waals surface area (Å²) in [6, 6.07) is 12.1. The average molecular weight is 623 g/mol. The number of carbonyl (C=O) groups excluding carboxylic acids is 1. The number of halogens is 2. The zero-order valence-electron chi connectivity index (χ0n) is 25.1. The summed E-state index contributed by atoms with van der Waals surface area (Å²) >= 11 is 5.84. The first-order chi connectivity index (χ1) is 21.1. The van der Waals surface area contributed by atoms with Crippen molar-refractivity contribution in [2.24, 2.45) is 0 Å². The molecule has 2 saturated heterocycles. The third-order valence-corrected chi connectivity index (χ3v) is 7.93. The molecule has 6 rings (SSSR count). The van der Waals surface area contributed by atoms with Crippen LogP contribution in [0.4, 0.5) is 10.2 Å². The summed E-state index contributed by atoms with van der Waals surface area (Å²) in [5.41, 5.74) is 2.07. The van der Waals surface area contributed by atoms with E-state index in [2.05, 4.69) is 24.3 Å². The minimum absolute atomic E-state index is 0.00635. The van der Waals surface area contributed by atoms with Gasteiger partial charge in [0.1, 0.15) is 29.7 Å². The maximum atomic E-state index is 14.1. The summed E-state index contributed by atoms with van der Waals surface area (Å²) in [5.74, 6) is 0.926. The van der Waals surface area contributed by atoms with Gasteiger partial charge in [-0.05, 0) is 63.6 Å². The van der Waals surface area contributed by atoms with E-state index in [1.165, 1.54) is 6.07 Å². The van der Waals surface area contributed by atoms with Crippen LogP contribution in [-0.2, 0) is 29.2 Å². The summed E-state index contributed by atoms with van der Waals surface area (Å²) in [6.07, 6.45) is 2.79. The molecule has 0 amide bonds. The van der Waals surface area contributed by atoms with Crippen LogP contribution in [0.5, 0.6) is 6.01 Å². The predicted octanol–water partition coefficient (Wildman–Crippen LogP) is 5.26. The minimum atomic E-state index is -0.573. The van der Waals surface area contributed by atoms with E-state index in [4.69, 9.17) is 30.8 Å². The summed E-state index contributed by atoms with van der Waals surface area (Å²) in [4.78, 5) is 31.1. The summed E-state index contributed by atoms with van der Waals surface area (Å²) in [5, 5.41) is 0.334. The Balaban J connectivity index is 1.12. The fourth-order valence-corrected chi connectivity index (χ4v) is 5.45. The van der Waals surface area contributed by atoms with Crippen LogP contribution >= 0.6 is 11.6 Å². The number of ether oxygens (including phenoxy) is 3. The Morgan fingerprint density at radius 3 is 2.59 bits per heavy atom. The second-order valence-corrected chi connectivity index (χ2v) is 12.5. The van der Waals surface area contributed by atoms with Gasteiger partial charge in [0.2, 0.25) is 0 Å². The van der Waals surface area contributed by atoms with Crippen molar-refractivity contribution < 1.29 is 23.4 Å². The van der Waals surface area contributed by atoms with Crippen LogP contribution in [0.1, 0.15) is 48.9 Å². The summed E-state index contributed by atoms with van der Waals surface area (Å²) in [6.45, 7) is 10.9. The smallest absolute Gasteiger partial charge is 0.338 e. The fraction of sp³-hybridized carbons (Fsp3) is 0.438. The molecule has 0 bridgehead atoms. The predicted molar refractivity (Wildman–Crippen MR) is 165 cm³/mol. The van der Waals surface area contributed by atoms with Crippen LogP contribution in [0.25, 0.3) is 11.0 Å². The molecule has 4 aromatic rings. The lowest BCUT2D eigenvalue weighted by molar-refractivity contribution is -0.0592. The van der Waals surface area contributed by atoms with Crippen LogP contribution in [0.3, 0.4) is 0 Å². The first kappa shape index (κ1) is 30.2. The number of nitrogens with zero attached hydrogens (tertiary/aromatic N) is 6. The van der Waals surface area contributed by atoms with Gasteiger partial charge in [0.15, 0.2) is 0 Å². The largest absolute Gasteiger partial charge is 0.458 e. The van der Waals surface area contributed by atoms with Crippen LogP contribution < -0.4 is 9.64 Å². The number of aromatic nitrogens is 4. The number of rotatable bonds is 9. The van der Waals surface area contributed by atoms with Crippen molar-refractivity contribution in [1.82, 2.24) is 24.4 Å². The van der Waals surface area contributed by atoms with Gasteiger partial charge in [-0.15, -0.1) is 0 Å². The second-order valence-electron chi connectivity index (χ2n) is 12.1. The van der Waals surface area contributed by atoms with Crippen molar-refractivity contribution in [2.75, 3.05) is 37.7 Å². The molecule has 2 aliphatic rings. The molecule has 0 saturated carbocycles. The van der Waals surface area contributed by atoms with Crippen LogP contribution in [-0.4, -0.2) is 74.9 Å². The third kappa shape index (κ3) is 7.11. The first-order valence-electron chi connectivity index (χ1n) is 14.8. The van der Waals surface area contributed by atoms with Crippen molar-refractivity contribution >= 4 is 34.4 Å². The van der Waals surface area contributed by atoms with E-state index in [0.717, 1.165) is 61.9 Å². The molecule has 0 aliphatic carbocycles. The number of benzene rings is 2. The molecule has 1 atom stereocenters. The lowest BCUT2D eigenvalue weighted by atomic mass is 10.1. The second kappa shape index (κ2) is 12.7. The molecule has 2 aromatic heterocycles. The van der Waals surface area contributed by atoms with Gasteiger partial charge in [-0.1, -0.05) is 17.7 Å². The van der Waals surface area contributed by atoms with Gasteiger partial charge in [0.05, 0.1) is 35.8 Å². The van der Waals surface area contributed by atoms with E-state index >= 15 is 0 Å². The normalized spacial score (nSPS) is 17.5. The van der Waals surface area contributed by atoms with E-state index in [-0.39, 0.29) is 24.7 Å². The SMILES string of the molecule is CC(C)(C)OC(=O)c1ccc2nc(CN3CCN(c4ccnc(OCc5ccc(Cl)cc5F)n4)CC3)n(C[C@@H]3CCO3)c2c1. The maximum absolute atomic E-state index is 14.1. The highest BCUT2D eigenvalue weighted by Crippen LogP contribution is 2.25. The molecule has 0 radical (unpaired) electrons. The Morgan fingerprint density at radius 1 is 1.09 bits per heavy atom. The van der Waals surface area contributed by atoms with E-state index in [1.54, 1.807) is 24.4 Å². The number of fused-ring (bicyclic) bond motifs is 1. The molecule has 12 heteroatoms. The van der Waals surface area contributed by atoms with Crippen molar-refractivity contribution in [1.29, 1.82) is 0 Å². The standard InChI is InChI=1S/C32H36ClFN6O4/c1-32(2,3)44-30(41)21-5-7-26-27(16-21)40(18-24-9-15-42-24)29(36-26)19-38-11-13-39(14-12-38)28-8-10-35-31(37-28)43-20-22-4-6-23(33)17-25(22)34/h4-8,10,16-17,24H,9,11-15,18-20H2,1-3H3/t24-/m0/s1. The molecule has 44 heavy (non-hydrogen) atoms. The van der Waals surface area contributed by atoms with Crippen molar-refractivity contribution in [3.63, 3.8) is 0 Å². The highest BCUT2D eigenvalue weighted by molar-refractivity contribution is 6.30. The third-order valence-electron chi connectivity index (χ3n) is 7.69. The van der Waals surface area contributed by atoms with E-state index in [1.807, 2.05) is 39.0 Å².